The summed E-state index contributed by atoms with van der Waals surface area (Å²) < 4.78 is 5.43. The van der Waals surface area contributed by atoms with Crippen molar-refractivity contribution in [3.8, 4) is 0 Å². The second-order valence-electron chi connectivity index (χ2n) is 15.4. The van der Waals surface area contributed by atoms with Gasteiger partial charge in [-0.05, 0) is 51.4 Å². The second kappa shape index (κ2) is 42.1. The summed E-state index contributed by atoms with van der Waals surface area (Å²) in [4.78, 5) is 24.3. The van der Waals surface area contributed by atoms with E-state index in [1.807, 2.05) is 6.08 Å². The molecule has 6 heteroatoms. The van der Waals surface area contributed by atoms with Crippen molar-refractivity contribution in [1.29, 1.82) is 0 Å². The summed E-state index contributed by atoms with van der Waals surface area (Å²) in [5.41, 5.74) is 0. The Bertz CT molecular complexity index is 813. The van der Waals surface area contributed by atoms with Crippen molar-refractivity contribution in [1.82, 2.24) is 5.32 Å². The Labute approximate surface area is 322 Å². The molecule has 0 aromatic rings. The first-order valence-corrected chi connectivity index (χ1v) is 22.6. The lowest BCUT2D eigenvalue weighted by Crippen LogP contribution is -2.45. The zero-order chi connectivity index (χ0) is 38.0. The Morgan fingerprint density at radius 2 is 0.923 bits per heavy atom. The third-order valence-electron chi connectivity index (χ3n) is 10.2. The molecule has 0 saturated heterocycles. The van der Waals surface area contributed by atoms with Gasteiger partial charge in [0.1, 0.15) is 0 Å². The van der Waals surface area contributed by atoms with E-state index in [0.29, 0.717) is 19.4 Å². The van der Waals surface area contributed by atoms with Crippen LogP contribution in [-0.4, -0.2) is 47.4 Å². The number of allylic oxidation sites excluding steroid dienone is 3. The van der Waals surface area contributed by atoms with Crippen LogP contribution in [0.5, 0.6) is 0 Å². The van der Waals surface area contributed by atoms with E-state index in [0.717, 1.165) is 57.8 Å². The number of carbonyl (C=O) groups excluding carboxylic acids is 2. The number of nitrogens with one attached hydrogen (secondary N) is 1. The van der Waals surface area contributed by atoms with Crippen LogP contribution in [0.25, 0.3) is 0 Å². The minimum Gasteiger partial charge on any atom is -0.466 e. The lowest BCUT2D eigenvalue weighted by atomic mass is 10.0. The lowest BCUT2D eigenvalue weighted by Gasteiger charge is -2.20. The average Bonchev–Trinajstić information content (AvgIpc) is 3.14. The maximum Gasteiger partial charge on any atom is 0.305 e. The van der Waals surface area contributed by atoms with Crippen molar-refractivity contribution < 1.29 is 24.5 Å². The zero-order valence-electron chi connectivity index (χ0n) is 34.5. The van der Waals surface area contributed by atoms with Gasteiger partial charge in [-0.2, -0.15) is 0 Å². The minimum absolute atomic E-state index is 0.0156. The highest BCUT2D eigenvalue weighted by atomic mass is 16.5. The highest BCUT2D eigenvalue weighted by molar-refractivity contribution is 5.76. The van der Waals surface area contributed by atoms with Crippen LogP contribution in [0.4, 0.5) is 0 Å². The zero-order valence-corrected chi connectivity index (χ0v) is 34.5. The van der Waals surface area contributed by atoms with Crippen molar-refractivity contribution in [2.75, 3.05) is 13.2 Å². The van der Waals surface area contributed by atoms with Gasteiger partial charge in [-0.3, -0.25) is 9.59 Å². The third-order valence-corrected chi connectivity index (χ3v) is 10.2. The molecule has 0 rings (SSSR count). The fourth-order valence-corrected chi connectivity index (χ4v) is 6.67. The molecule has 0 fully saturated rings. The normalized spacial score (nSPS) is 12.9. The van der Waals surface area contributed by atoms with Crippen LogP contribution in [-0.2, 0) is 14.3 Å². The number of unbranched alkanes of at least 4 members (excludes halogenated alkanes) is 28. The fourth-order valence-electron chi connectivity index (χ4n) is 6.67. The highest BCUT2D eigenvalue weighted by Gasteiger charge is 2.18. The van der Waals surface area contributed by atoms with E-state index >= 15 is 0 Å². The van der Waals surface area contributed by atoms with Crippen molar-refractivity contribution in [3.63, 3.8) is 0 Å². The van der Waals surface area contributed by atoms with Crippen LogP contribution in [0.1, 0.15) is 232 Å². The van der Waals surface area contributed by atoms with Crippen molar-refractivity contribution in [2.24, 2.45) is 0 Å². The maximum atomic E-state index is 12.3. The van der Waals surface area contributed by atoms with Gasteiger partial charge < -0.3 is 20.3 Å². The van der Waals surface area contributed by atoms with Crippen LogP contribution in [0.2, 0.25) is 0 Å². The summed E-state index contributed by atoms with van der Waals surface area (Å²) in [5, 5.41) is 22.9. The van der Waals surface area contributed by atoms with Crippen LogP contribution >= 0.6 is 0 Å². The van der Waals surface area contributed by atoms with E-state index in [9.17, 15) is 19.8 Å². The van der Waals surface area contributed by atoms with Crippen LogP contribution in [0.3, 0.4) is 0 Å². The Kier molecular flexibility index (Phi) is 40.7. The fraction of sp³-hybridized carbons (Fsp3) is 0.870. The molecule has 2 atom stereocenters. The van der Waals surface area contributed by atoms with E-state index in [-0.39, 0.29) is 18.5 Å². The number of aliphatic hydroxyl groups excluding tert-OH is 2. The van der Waals surface area contributed by atoms with Gasteiger partial charge in [-0.15, -0.1) is 0 Å². The number of ether oxygens (including phenoxy) is 1. The molecule has 3 N–H and O–H groups in total. The van der Waals surface area contributed by atoms with Gasteiger partial charge in [-0.1, -0.05) is 192 Å². The van der Waals surface area contributed by atoms with Crippen LogP contribution < -0.4 is 5.32 Å². The number of esters is 1. The molecule has 0 bridgehead atoms. The Morgan fingerprint density at radius 3 is 1.42 bits per heavy atom. The molecule has 0 aromatic heterocycles. The maximum absolute atomic E-state index is 12.3. The van der Waals surface area contributed by atoms with Gasteiger partial charge >= 0.3 is 5.97 Å². The third kappa shape index (κ3) is 38.1. The Balaban J connectivity index is 3.47. The molecule has 0 spiro atoms. The smallest absolute Gasteiger partial charge is 0.305 e. The van der Waals surface area contributed by atoms with E-state index in [1.165, 1.54) is 148 Å². The molecule has 0 saturated carbocycles. The van der Waals surface area contributed by atoms with E-state index in [2.05, 4.69) is 31.3 Å². The minimum atomic E-state index is -0.849. The van der Waals surface area contributed by atoms with Gasteiger partial charge in [0.05, 0.1) is 25.4 Å². The van der Waals surface area contributed by atoms with Gasteiger partial charge in [0, 0.05) is 12.8 Å². The summed E-state index contributed by atoms with van der Waals surface area (Å²) in [7, 11) is 0. The van der Waals surface area contributed by atoms with Gasteiger partial charge in [0.15, 0.2) is 0 Å². The summed E-state index contributed by atoms with van der Waals surface area (Å²) in [6, 6.07) is -0.633. The molecule has 306 valence electrons. The number of amides is 1. The number of hydrogen-bond acceptors (Lipinski definition) is 5. The first-order chi connectivity index (χ1) is 25.5. The van der Waals surface area contributed by atoms with Crippen molar-refractivity contribution in [3.05, 3.63) is 24.3 Å². The lowest BCUT2D eigenvalue weighted by molar-refractivity contribution is -0.143. The summed E-state index contributed by atoms with van der Waals surface area (Å²) in [5.74, 6) is -0.0974. The molecule has 0 aliphatic rings. The molecule has 0 aliphatic carbocycles. The summed E-state index contributed by atoms with van der Waals surface area (Å²) in [6.07, 6.45) is 47.3. The SMILES string of the molecule is CCCC/C=C\CCCCCCCC(=O)OCCCCCCCCCCCCCCCCC(=O)NC(CO)C(O)/C=C/CCCCCCCCCC. The Morgan fingerprint density at radius 1 is 0.519 bits per heavy atom. The number of aliphatic hydroxyl groups is 2. The first-order valence-electron chi connectivity index (χ1n) is 22.6. The van der Waals surface area contributed by atoms with Gasteiger partial charge in [-0.25, -0.2) is 0 Å². The molecular formula is C46H87NO5. The summed E-state index contributed by atoms with van der Waals surface area (Å²) >= 11 is 0. The van der Waals surface area contributed by atoms with E-state index in [1.54, 1.807) is 6.08 Å². The van der Waals surface area contributed by atoms with E-state index in [4.69, 9.17) is 4.74 Å². The number of hydrogen-bond donors (Lipinski definition) is 3. The second-order valence-corrected chi connectivity index (χ2v) is 15.4. The molecule has 1 amide bonds. The highest BCUT2D eigenvalue weighted by Crippen LogP contribution is 2.15. The van der Waals surface area contributed by atoms with E-state index < -0.39 is 12.1 Å². The first kappa shape index (κ1) is 50.3. The van der Waals surface area contributed by atoms with Gasteiger partial charge in [0.25, 0.3) is 0 Å². The van der Waals surface area contributed by atoms with Crippen LogP contribution in [0.15, 0.2) is 24.3 Å². The van der Waals surface area contributed by atoms with Crippen LogP contribution in [0, 0.1) is 0 Å². The predicted molar refractivity (Wildman–Crippen MR) is 223 cm³/mol. The predicted octanol–water partition coefficient (Wildman–Crippen LogP) is 12.8. The Hall–Kier alpha value is -1.66. The molecule has 0 radical (unpaired) electrons. The standard InChI is InChI=1S/C46H87NO5/c1-3-5-7-9-11-13-19-24-28-32-36-40-46(51)52-41-37-33-29-25-21-18-16-15-17-20-23-27-31-35-39-45(50)47-43(42-48)44(49)38-34-30-26-22-14-12-10-8-6-4-2/h9,11,34,38,43-44,48-49H,3-8,10,12-33,35-37,39-42H2,1-2H3,(H,47,50)/b11-9-,38-34+. The van der Waals surface area contributed by atoms with Crippen molar-refractivity contribution >= 4 is 11.9 Å². The molecule has 52 heavy (non-hydrogen) atoms. The molecular weight excluding hydrogens is 647 g/mol. The largest absolute Gasteiger partial charge is 0.466 e. The summed E-state index contributed by atoms with van der Waals surface area (Å²) in [6.45, 7) is 4.80. The average molecular weight is 734 g/mol. The number of rotatable bonds is 41. The molecule has 0 heterocycles. The molecule has 0 aliphatic heterocycles. The quantitative estimate of drug-likeness (QED) is 0.0330. The molecule has 6 nitrogen and oxygen atoms in total. The van der Waals surface area contributed by atoms with Crippen molar-refractivity contribution in [2.45, 2.75) is 244 Å². The topological polar surface area (TPSA) is 95.9 Å². The molecule has 2 unspecified atom stereocenters. The monoisotopic (exact) mass is 734 g/mol. The van der Waals surface area contributed by atoms with Gasteiger partial charge in [0.2, 0.25) is 5.91 Å². The molecule has 0 aromatic carbocycles. The number of carbonyl (C=O) groups is 2.